The average molecular weight is 453 g/mol. The minimum Gasteiger partial charge on any atom is -0.337 e. The molecule has 2 aliphatic carbocycles. The van der Waals surface area contributed by atoms with Crippen molar-refractivity contribution in [1.82, 2.24) is 25.3 Å². The van der Waals surface area contributed by atoms with E-state index in [9.17, 15) is 18.4 Å². The number of hydrogen-bond donors (Lipinski definition) is 2. The molecule has 9 heteroatoms. The van der Waals surface area contributed by atoms with Crippen LogP contribution < -0.4 is 5.56 Å². The fraction of sp³-hybridized carbons (Fsp3) is 0.417. The molecule has 1 aromatic carbocycles. The quantitative estimate of drug-likeness (QED) is 0.615. The zero-order valence-corrected chi connectivity index (χ0v) is 18.7. The Hall–Kier alpha value is -3.36. The Morgan fingerprint density at radius 3 is 2.55 bits per heavy atom. The number of nitrogens with zero attached hydrogens (tertiary/aromatic N) is 3. The summed E-state index contributed by atoms with van der Waals surface area (Å²) < 4.78 is 28.8. The molecule has 2 heterocycles. The Morgan fingerprint density at radius 1 is 1.18 bits per heavy atom. The first-order chi connectivity index (χ1) is 15.7. The van der Waals surface area contributed by atoms with Gasteiger partial charge < -0.3 is 4.90 Å². The average Bonchev–Trinajstić information content (AvgIpc) is 3.37. The molecule has 0 spiro atoms. The van der Waals surface area contributed by atoms with Gasteiger partial charge in [-0.15, -0.1) is 0 Å². The highest BCUT2D eigenvalue weighted by atomic mass is 19.1. The van der Waals surface area contributed by atoms with E-state index in [0.29, 0.717) is 13.1 Å². The number of halogens is 2. The van der Waals surface area contributed by atoms with E-state index < -0.39 is 17.0 Å². The normalized spacial score (nSPS) is 22.4. The summed E-state index contributed by atoms with van der Waals surface area (Å²) in [5.74, 6) is -1.48. The van der Waals surface area contributed by atoms with Crippen molar-refractivity contribution < 1.29 is 13.6 Å². The Balaban J connectivity index is 1.57. The first-order valence-electron chi connectivity index (χ1n) is 11.1. The molecule has 2 atom stereocenters. The highest BCUT2D eigenvalue weighted by Gasteiger charge is 2.64. The number of fused-ring (bicyclic) bond motifs is 5. The van der Waals surface area contributed by atoms with E-state index in [1.165, 1.54) is 24.3 Å². The zero-order valence-electron chi connectivity index (χ0n) is 18.7. The lowest BCUT2D eigenvalue weighted by Gasteiger charge is -2.41. The smallest absolute Gasteiger partial charge is 0.271 e. The number of nitrogens with one attached hydrogen (secondary N) is 2. The SMILES string of the molecule is CCN(C[C@@]12CC[C@@H](c3cc(-c4c(F)cccc4F)nnc31)C2(C)C)C(=O)c1cc(=O)[nH][nH]1. The van der Waals surface area contributed by atoms with Crippen molar-refractivity contribution in [2.45, 2.75) is 44.9 Å². The number of hydrogen-bond acceptors (Lipinski definition) is 4. The molecule has 2 aromatic heterocycles. The molecule has 33 heavy (non-hydrogen) atoms. The van der Waals surface area contributed by atoms with Crippen LogP contribution in [0.4, 0.5) is 8.78 Å². The number of likely N-dealkylation sites (N-methyl/N-ethyl adjacent to an activating group) is 1. The molecule has 0 radical (unpaired) electrons. The molecule has 7 nitrogen and oxygen atoms in total. The predicted octanol–water partition coefficient (Wildman–Crippen LogP) is 3.76. The van der Waals surface area contributed by atoms with Crippen LogP contribution in [0.5, 0.6) is 0 Å². The van der Waals surface area contributed by atoms with Gasteiger partial charge in [-0.05, 0) is 54.9 Å². The Morgan fingerprint density at radius 2 is 1.91 bits per heavy atom. The second kappa shape index (κ2) is 7.33. The lowest BCUT2D eigenvalue weighted by Crippen LogP contribution is -2.48. The van der Waals surface area contributed by atoms with Crippen molar-refractivity contribution in [3.63, 3.8) is 0 Å². The molecule has 1 saturated carbocycles. The van der Waals surface area contributed by atoms with E-state index in [-0.39, 0.29) is 39.8 Å². The number of carbonyl (C=O) groups is 1. The summed E-state index contributed by atoms with van der Waals surface area (Å²) in [6.07, 6.45) is 1.71. The molecule has 5 rings (SSSR count). The molecule has 2 aliphatic rings. The van der Waals surface area contributed by atoms with Crippen LogP contribution >= 0.6 is 0 Å². The van der Waals surface area contributed by atoms with Gasteiger partial charge in [-0.25, -0.2) is 8.78 Å². The summed E-state index contributed by atoms with van der Waals surface area (Å²) in [4.78, 5) is 26.3. The third kappa shape index (κ3) is 2.98. The molecule has 2 bridgehead atoms. The van der Waals surface area contributed by atoms with Gasteiger partial charge in [0.05, 0.1) is 17.0 Å². The van der Waals surface area contributed by atoms with E-state index in [4.69, 9.17) is 0 Å². The summed E-state index contributed by atoms with van der Waals surface area (Å²) in [6.45, 7) is 7.08. The van der Waals surface area contributed by atoms with Gasteiger partial charge in [-0.1, -0.05) is 19.9 Å². The minimum atomic E-state index is -0.676. The highest BCUT2D eigenvalue weighted by molar-refractivity contribution is 5.92. The molecule has 1 amide bonds. The molecular formula is C24H25F2N5O2. The summed E-state index contributed by atoms with van der Waals surface area (Å²) in [6, 6.07) is 6.76. The van der Waals surface area contributed by atoms with Crippen molar-refractivity contribution in [3.05, 3.63) is 69.3 Å². The van der Waals surface area contributed by atoms with E-state index in [2.05, 4.69) is 34.2 Å². The topological polar surface area (TPSA) is 94.7 Å². The van der Waals surface area contributed by atoms with E-state index in [1.54, 1.807) is 11.0 Å². The Labute approximate surface area is 189 Å². The maximum atomic E-state index is 14.4. The molecule has 0 unspecified atom stereocenters. The largest absolute Gasteiger partial charge is 0.337 e. The first-order valence-corrected chi connectivity index (χ1v) is 11.1. The van der Waals surface area contributed by atoms with Crippen molar-refractivity contribution >= 4 is 5.91 Å². The third-order valence-corrected chi connectivity index (χ3v) is 7.79. The Bertz CT molecular complexity index is 1290. The van der Waals surface area contributed by atoms with Crippen LogP contribution in [-0.4, -0.2) is 44.3 Å². The molecule has 0 saturated heterocycles. The number of benzene rings is 1. The van der Waals surface area contributed by atoms with Crippen molar-refractivity contribution in [3.8, 4) is 11.3 Å². The van der Waals surface area contributed by atoms with Gasteiger partial charge in [-0.2, -0.15) is 10.2 Å². The minimum absolute atomic E-state index is 0.137. The lowest BCUT2D eigenvalue weighted by atomic mass is 9.68. The molecule has 3 aromatic rings. The van der Waals surface area contributed by atoms with Gasteiger partial charge in [-0.3, -0.25) is 19.8 Å². The van der Waals surface area contributed by atoms with Gasteiger partial charge in [0.1, 0.15) is 17.3 Å². The standard InChI is InChI=1S/C24H25F2N5O2/c1-4-31(22(33)18-11-19(32)29-28-18)12-24-9-8-14(23(24,2)3)13-10-17(27-30-21(13)24)20-15(25)6-5-7-16(20)26/h5-7,10-11,14H,4,8-9,12H2,1-3H3,(H2,28,29,32)/t14-,24-/m0/s1. The van der Waals surface area contributed by atoms with Gasteiger partial charge in [0.25, 0.3) is 11.5 Å². The number of aromatic amines is 2. The van der Waals surface area contributed by atoms with Crippen molar-refractivity contribution in [1.29, 1.82) is 0 Å². The second-order valence-electron chi connectivity index (χ2n) is 9.52. The molecule has 172 valence electrons. The summed E-state index contributed by atoms with van der Waals surface area (Å²) in [5, 5.41) is 13.8. The number of rotatable bonds is 5. The van der Waals surface area contributed by atoms with E-state index >= 15 is 0 Å². The maximum absolute atomic E-state index is 14.4. The highest BCUT2D eigenvalue weighted by Crippen LogP contribution is 2.67. The van der Waals surface area contributed by atoms with Gasteiger partial charge >= 0.3 is 0 Å². The number of aromatic nitrogens is 4. The fourth-order valence-corrected chi connectivity index (χ4v) is 5.91. The number of amides is 1. The zero-order chi connectivity index (χ0) is 23.5. The van der Waals surface area contributed by atoms with Gasteiger partial charge in [0.15, 0.2) is 0 Å². The Kier molecular flexibility index (Phi) is 4.77. The molecule has 2 N–H and O–H groups in total. The molecule has 1 fully saturated rings. The second-order valence-corrected chi connectivity index (χ2v) is 9.52. The van der Waals surface area contributed by atoms with Crippen LogP contribution in [0, 0.1) is 17.0 Å². The predicted molar refractivity (Wildman–Crippen MR) is 118 cm³/mol. The van der Waals surface area contributed by atoms with Crippen LogP contribution in [0.1, 0.15) is 61.3 Å². The maximum Gasteiger partial charge on any atom is 0.271 e. The van der Waals surface area contributed by atoms with Crippen LogP contribution in [0.15, 0.2) is 35.1 Å². The van der Waals surface area contributed by atoms with Crippen LogP contribution in [0.3, 0.4) is 0 Å². The van der Waals surface area contributed by atoms with Crippen LogP contribution in [0.2, 0.25) is 0 Å². The number of H-pyrrole nitrogens is 2. The number of carbonyl (C=O) groups excluding carboxylic acids is 1. The monoisotopic (exact) mass is 453 g/mol. The third-order valence-electron chi connectivity index (χ3n) is 7.79. The van der Waals surface area contributed by atoms with Crippen molar-refractivity contribution in [2.24, 2.45) is 5.41 Å². The van der Waals surface area contributed by atoms with Crippen LogP contribution in [0.25, 0.3) is 11.3 Å². The van der Waals surface area contributed by atoms with Crippen LogP contribution in [-0.2, 0) is 5.41 Å². The molecular weight excluding hydrogens is 428 g/mol. The van der Waals surface area contributed by atoms with Gasteiger partial charge in [0, 0.05) is 24.6 Å². The summed E-state index contributed by atoms with van der Waals surface area (Å²) >= 11 is 0. The van der Waals surface area contributed by atoms with E-state index in [1.807, 2.05) is 6.92 Å². The van der Waals surface area contributed by atoms with E-state index in [0.717, 1.165) is 24.1 Å². The van der Waals surface area contributed by atoms with Gasteiger partial charge in [0.2, 0.25) is 0 Å². The summed E-state index contributed by atoms with van der Waals surface area (Å²) in [5.41, 5.74) is 0.888. The fourth-order valence-electron chi connectivity index (χ4n) is 5.91. The molecule has 0 aliphatic heterocycles. The van der Waals surface area contributed by atoms with Crippen molar-refractivity contribution in [2.75, 3.05) is 13.1 Å². The summed E-state index contributed by atoms with van der Waals surface area (Å²) in [7, 11) is 0. The lowest BCUT2D eigenvalue weighted by molar-refractivity contribution is 0.0646. The first kappa shape index (κ1) is 21.5.